The average molecular weight is 527 g/mol. The molecule has 0 aliphatic carbocycles. The van der Waals surface area contributed by atoms with Crippen molar-refractivity contribution in [3.63, 3.8) is 0 Å². The second kappa shape index (κ2) is 10.5. The highest BCUT2D eigenvalue weighted by atomic mass is 32.1. The van der Waals surface area contributed by atoms with Crippen LogP contribution in [0.5, 0.6) is 11.5 Å². The fraction of sp³-hybridized carbons (Fsp3) is 0.167. The number of rotatable bonds is 8. The van der Waals surface area contributed by atoms with Gasteiger partial charge in [0.2, 0.25) is 0 Å². The van der Waals surface area contributed by atoms with E-state index in [0.717, 1.165) is 15.8 Å². The summed E-state index contributed by atoms with van der Waals surface area (Å²) in [6.45, 7) is 8.20. The molecule has 4 aromatic rings. The van der Waals surface area contributed by atoms with Crippen LogP contribution in [-0.4, -0.2) is 35.0 Å². The number of hydrogen-bond donors (Lipinski definition) is 1. The molecule has 1 saturated heterocycles. The van der Waals surface area contributed by atoms with Crippen LogP contribution in [0.15, 0.2) is 85.0 Å². The summed E-state index contributed by atoms with van der Waals surface area (Å²) in [5.41, 5.74) is 2.78. The van der Waals surface area contributed by atoms with Crippen molar-refractivity contribution in [2.45, 2.75) is 19.9 Å². The molecular formula is C30H26N2O5S. The normalized spacial score (nSPS) is 16.7. The number of aryl methyl sites for hydroxylation is 1. The van der Waals surface area contributed by atoms with Gasteiger partial charge in [0.25, 0.3) is 5.78 Å². The number of carbonyl (C=O) groups is 2. The maximum Gasteiger partial charge on any atom is 0.301 e. The van der Waals surface area contributed by atoms with E-state index in [2.05, 4.69) is 11.6 Å². The van der Waals surface area contributed by atoms with Crippen molar-refractivity contribution in [2.24, 2.45) is 0 Å². The number of aromatic nitrogens is 1. The lowest BCUT2D eigenvalue weighted by Crippen LogP contribution is -2.29. The lowest BCUT2D eigenvalue weighted by Gasteiger charge is -2.24. The monoisotopic (exact) mass is 526 g/mol. The van der Waals surface area contributed by atoms with Crippen LogP contribution in [0.1, 0.15) is 29.7 Å². The fourth-order valence-electron chi connectivity index (χ4n) is 4.45. The topological polar surface area (TPSA) is 89.0 Å². The van der Waals surface area contributed by atoms with Gasteiger partial charge < -0.3 is 14.6 Å². The second-order valence-electron chi connectivity index (χ2n) is 8.74. The molecule has 1 aliphatic rings. The Kier molecular flexibility index (Phi) is 6.98. The number of fused-ring (bicyclic) bond motifs is 1. The van der Waals surface area contributed by atoms with Crippen LogP contribution in [0.4, 0.5) is 5.13 Å². The van der Waals surface area contributed by atoms with Crippen LogP contribution in [0.3, 0.4) is 0 Å². The molecular weight excluding hydrogens is 500 g/mol. The summed E-state index contributed by atoms with van der Waals surface area (Å²) in [6, 6.07) is 18.8. The standard InChI is InChI=1S/C30H26N2O5S/c1-4-15-37-22-14-12-20(17-23(22)36-5-2)26-25(27(33)19-9-7-6-8-10-19)28(34)29(35)32(26)30-31-21-13-11-18(3)16-24(21)38-30/h4,6-14,16-17,26,33H,1,5,15H2,2-3H3. The Balaban J connectivity index is 1.72. The second-order valence-corrected chi connectivity index (χ2v) is 9.75. The molecule has 0 bridgehead atoms. The first-order valence-electron chi connectivity index (χ1n) is 12.2. The molecule has 1 atom stereocenters. The first-order chi connectivity index (χ1) is 18.4. The summed E-state index contributed by atoms with van der Waals surface area (Å²) in [7, 11) is 0. The van der Waals surface area contributed by atoms with Crippen molar-refractivity contribution in [3.05, 3.63) is 102 Å². The highest BCUT2D eigenvalue weighted by molar-refractivity contribution is 7.22. The van der Waals surface area contributed by atoms with Gasteiger partial charge in [0.05, 0.1) is 28.4 Å². The zero-order valence-corrected chi connectivity index (χ0v) is 21.8. The van der Waals surface area contributed by atoms with Crippen molar-refractivity contribution in [2.75, 3.05) is 18.1 Å². The van der Waals surface area contributed by atoms with Crippen LogP contribution in [0.2, 0.25) is 0 Å². The maximum atomic E-state index is 13.5. The van der Waals surface area contributed by atoms with E-state index in [1.165, 1.54) is 16.2 Å². The highest BCUT2D eigenvalue weighted by Crippen LogP contribution is 2.46. The van der Waals surface area contributed by atoms with Gasteiger partial charge in [-0.2, -0.15) is 0 Å². The van der Waals surface area contributed by atoms with E-state index in [1.54, 1.807) is 48.5 Å². The summed E-state index contributed by atoms with van der Waals surface area (Å²) in [6.07, 6.45) is 1.63. The number of anilines is 1. The smallest absolute Gasteiger partial charge is 0.301 e. The largest absolute Gasteiger partial charge is 0.507 e. The number of benzene rings is 3. The Hall–Kier alpha value is -4.43. The molecule has 3 aromatic carbocycles. The predicted octanol–water partition coefficient (Wildman–Crippen LogP) is 6.19. The van der Waals surface area contributed by atoms with E-state index >= 15 is 0 Å². The lowest BCUT2D eigenvalue weighted by molar-refractivity contribution is -0.132. The Morgan fingerprint density at radius 3 is 2.61 bits per heavy atom. The van der Waals surface area contributed by atoms with Gasteiger partial charge in [0.15, 0.2) is 16.6 Å². The highest BCUT2D eigenvalue weighted by Gasteiger charge is 2.48. The summed E-state index contributed by atoms with van der Waals surface area (Å²) in [5, 5.41) is 11.7. The number of aliphatic hydroxyl groups excluding tert-OH is 1. The summed E-state index contributed by atoms with van der Waals surface area (Å²) in [4.78, 5) is 33.1. The molecule has 1 aliphatic heterocycles. The first-order valence-corrected chi connectivity index (χ1v) is 13.0. The van der Waals surface area contributed by atoms with Gasteiger partial charge in [0.1, 0.15) is 12.4 Å². The number of ether oxygens (including phenoxy) is 2. The molecule has 8 heteroatoms. The molecule has 0 spiro atoms. The number of aliphatic hydroxyl groups is 1. The minimum atomic E-state index is -0.926. The maximum absolute atomic E-state index is 13.5. The van der Waals surface area contributed by atoms with E-state index in [1.807, 2.05) is 38.1 Å². The third-order valence-corrected chi connectivity index (χ3v) is 7.19. The third-order valence-electron chi connectivity index (χ3n) is 6.17. The van der Waals surface area contributed by atoms with Gasteiger partial charge in [-0.15, -0.1) is 0 Å². The van der Waals surface area contributed by atoms with Crippen molar-refractivity contribution in [3.8, 4) is 11.5 Å². The quantitative estimate of drug-likeness (QED) is 0.127. The number of thiazole rings is 1. The fourth-order valence-corrected chi connectivity index (χ4v) is 5.54. The molecule has 1 N–H and O–H groups in total. The van der Waals surface area contributed by atoms with Crippen molar-refractivity contribution >= 4 is 44.1 Å². The molecule has 1 unspecified atom stereocenters. The molecule has 0 radical (unpaired) electrons. The van der Waals surface area contributed by atoms with Gasteiger partial charge in [-0.25, -0.2) is 4.98 Å². The zero-order valence-electron chi connectivity index (χ0n) is 21.0. The van der Waals surface area contributed by atoms with Crippen LogP contribution >= 0.6 is 11.3 Å². The Bertz CT molecular complexity index is 1570. The Morgan fingerprint density at radius 1 is 1.08 bits per heavy atom. The van der Waals surface area contributed by atoms with Crippen LogP contribution in [-0.2, 0) is 9.59 Å². The van der Waals surface area contributed by atoms with Crippen LogP contribution in [0.25, 0.3) is 16.0 Å². The predicted molar refractivity (Wildman–Crippen MR) is 149 cm³/mol. The first kappa shape index (κ1) is 25.2. The van der Waals surface area contributed by atoms with Crippen molar-refractivity contribution in [1.82, 2.24) is 4.98 Å². The SMILES string of the molecule is C=CCOc1ccc(C2C(=C(O)c3ccccc3)C(=O)C(=O)N2c2nc3ccc(C)cc3s2)cc1OCC. The van der Waals surface area contributed by atoms with Gasteiger partial charge >= 0.3 is 5.91 Å². The number of nitrogens with zero attached hydrogens (tertiary/aromatic N) is 2. The number of carbonyl (C=O) groups excluding carboxylic acids is 2. The zero-order chi connectivity index (χ0) is 26.8. The molecule has 1 aromatic heterocycles. The number of hydrogen-bond acceptors (Lipinski definition) is 7. The van der Waals surface area contributed by atoms with Crippen LogP contribution < -0.4 is 14.4 Å². The molecule has 1 amide bonds. The summed E-state index contributed by atoms with van der Waals surface area (Å²) >= 11 is 1.32. The van der Waals surface area contributed by atoms with E-state index in [4.69, 9.17) is 9.47 Å². The molecule has 5 rings (SSSR count). The van der Waals surface area contributed by atoms with Gasteiger partial charge in [-0.3, -0.25) is 14.5 Å². The summed E-state index contributed by atoms with van der Waals surface area (Å²) < 4.78 is 12.5. The van der Waals surface area contributed by atoms with E-state index in [9.17, 15) is 14.7 Å². The molecule has 38 heavy (non-hydrogen) atoms. The van der Waals surface area contributed by atoms with Crippen molar-refractivity contribution < 1.29 is 24.2 Å². The molecule has 1 fully saturated rings. The van der Waals surface area contributed by atoms with Gasteiger partial charge in [-0.1, -0.05) is 66.5 Å². The number of ketones is 1. The molecule has 0 saturated carbocycles. The van der Waals surface area contributed by atoms with Gasteiger partial charge in [0, 0.05) is 5.56 Å². The molecule has 192 valence electrons. The lowest BCUT2D eigenvalue weighted by atomic mass is 9.95. The number of amides is 1. The van der Waals surface area contributed by atoms with Crippen LogP contribution in [0, 0.1) is 6.92 Å². The van der Waals surface area contributed by atoms with E-state index in [0.29, 0.717) is 34.4 Å². The molecule has 7 nitrogen and oxygen atoms in total. The summed E-state index contributed by atoms with van der Waals surface area (Å²) in [5.74, 6) is -0.827. The van der Waals surface area contributed by atoms with Gasteiger partial charge in [-0.05, 0) is 49.2 Å². The minimum Gasteiger partial charge on any atom is -0.507 e. The molecule has 2 heterocycles. The average Bonchev–Trinajstić information content (AvgIpc) is 3.45. The Morgan fingerprint density at radius 2 is 1.87 bits per heavy atom. The number of Topliss-reactive ketones (excluding diaryl/α,β-unsaturated/α-hetero) is 1. The Labute approximate surface area is 224 Å². The van der Waals surface area contributed by atoms with E-state index < -0.39 is 17.7 Å². The van der Waals surface area contributed by atoms with E-state index in [-0.39, 0.29) is 17.9 Å². The van der Waals surface area contributed by atoms with Crippen molar-refractivity contribution in [1.29, 1.82) is 0 Å². The third kappa shape index (κ3) is 4.54. The minimum absolute atomic E-state index is 0.0150.